The molecule has 2 bridgehead atoms. The van der Waals surface area contributed by atoms with Crippen LogP contribution in [0, 0.1) is 11.8 Å². The molecule has 2 aliphatic heterocycles. The fraction of sp³-hybridized carbons (Fsp3) is 0.455. The number of hydrogen-bond acceptors (Lipinski definition) is 7. The summed E-state index contributed by atoms with van der Waals surface area (Å²) in [7, 11) is 2.09. The van der Waals surface area contributed by atoms with E-state index in [4.69, 9.17) is 4.74 Å². The van der Waals surface area contributed by atoms with Crippen LogP contribution in [-0.4, -0.2) is 66.5 Å². The highest BCUT2D eigenvalue weighted by atomic mass is 16.5. The first-order valence-electron chi connectivity index (χ1n) is 15.1. The summed E-state index contributed by atoms with van der Waals surface area (Å²) in [6, 6.07) is 16.1. The van der Waals surface area contributed by atoms with Gasteiger partial charge in [0.1, 0.15) is 5.75 Å². The molecular formula is C33H42N6O3. The maximum Gasteiger partial charge on any atom is 0.236 e. The van der Waals surface area contributed by atoms with Crippen LogP contribution < -0.4 is 20.3 Å². The molecule has 4 heterocycles. The molecular weight excluding hydrogens is 528 g/mol. The van der Waals surface area contributed by atoms with E-state index in [1.807, 2.05) is 41.4 Å². The molecule has 2 aromatic heterocycles. The van der Waals surface area contributed by atoms with Crippen LogP contribution in [0.5, 0.6) is 5.75 Å². The number of pyridine rings is 2. The van der Waals surface area contributed by atoms with Crippen LogP contribution in [0.3, 0.4) is 0 Å². The lowest BCUT2D eigenvalue weighted by molar-refractivity contribution is -0.133. The summed E-state index contributed by atoms with van der Waals surface area (Å²) < 4.78 is 6.28. The maximum atomic E-state index is 13.2. The summed E-state index contributed by atoms with van der Waals surface area (Å²) in [5.41, 5.74) is 4.21. The van der Waals surface area contributed by atoms with E-state index in [0.717, 1.165) is 60.5 Å². The highest BCUT2D eigenvalue weighted by molar-refractivity contribution is 5.79. The summed E-state index contributed by atoms with van der Waals surface area (Å²) in [5.74, 6) is 1.54. The number of ether oxygens (including phenoxy) is 1. The molecule has 2 aliphatic rings. The van der Waals surface area contributed by atoms with Crippen LogP contribution in [0.15, 0.2) is 67.1 Å². The van der Waals surface area contributed by atoms with E-state index in [1.54, 1.807) is 12.4 Å². The minimum atomic E-state index is 0.0548. The lowest BCUT2D eigenvalue weighted by Crippen LogP contribution is -2.47. The van der Waals surface area contributed by atoms with E-state index in [-0.39, 0.29) is 30.2 Å². The number of hydrogen-bond donors (Lipinski definition) is 2. The van der Waals surface area contributed by atoms with Gasteiger partial charge in [0.25, 0.3) is 0 Å². The molecule has 1 fully saturated rings. The Labute approximate surface area is 248 Å². The van der Waals surface area contributed by atoms with Gasteiger partial charge in [0.05, 0.1) is 13.2 Å². The third-order valence-electron chi connectivity index (χ3n) is 8.39. The number of carbonyl (C=O) groups is 2. The van der Waals surface area contributed by atoms with Crippen molar-refractivity contribution in [2.75, 3.05) is 44.7 Å². The Morgan fingerprint density at radius 3 is 2.90 bits per heavy atom. The molecule has 1 aromatic carbocycles. The molecule has 2 atom stereocenters. The normalized spacial score (nSPS) is 19.4. The van der Waals surface area contributed by atoms with E-state index in [9.17, 15) is 9.59 Å². The minimum Gasteiger partial charge on any atom is -0.493 e. The second-order valence-electron chi connectivity index (χ2n) is 11.4. The number of anilines is 1. The number of fused-ring (bicyclic) bond motifs is 3. The molecule has 0 radical (unpaired) electrons. The zero-order valence-electron chi connectivity index (χ0n) is 24.5. The van der Waals surface area contributed by atoms with E-state index in [2.05, 4.69) is 50.7 Å². The van der Waals surface area contributed by atoms with Crippen LogP contribution >= 0.6 is 0 Å². The Balaban J connectivity index is 1.19. The molecule has 9 nitrogen and oxygen atoms in total. The first-order chi connectivity index (χ1) is 20.5. The molecule has 3 aromatic rings. The number of benzene rings is 1. The number of aromatic nitrogens is 2. The second kappa shape index (κ2) is 14.8. The van der Waals surface area contributed by atoms with Crippen molar-refractivity contribution >= 4 is 17.5 Å². The first kappa shape index (κ1) is 29.5. The molecule has 0 spiro atoms. The molecule has 2 N–H and O–H groups in total. The van der Waals surface area contributed by atoms with Gasteiger partial charge >= 0.3 is 0 Å². The van der Waals surface area contributed by atoms with Gasteiger partial charge < -0.3 is 25.2 Å². The Kier molecular flexibility index (Phi) is 10.4. The quantitative estimate of drug-likeness (QED) is 0.427. The number of likely N-dealkylation sites (N-methyl/N-ethyl adjacent to an activating group) is 1. The van der Waals surface area contributed by atoms with Crippen molar-refractivity contribution in [2.45, 2.75) is 45.2 Å². The molecule has 42 heavy (non-hydrogen) atoms. The number of piperidine rings is 1. The molecule has 222 valence electrons. The number of carbonyl (C=O) groups excluding carboxylic acids is 2. The van der Waals surface area contributed by atoms with Crippen LogP contribution in [0.1, 0.15) is 42.5 Å². The summed E-state index contributed by atoms with van der Waals surface area (Å²) in [4.78, 5) is 38.7. The van der Waals surface area contributed by atoms with Crippen molar-refractivity contribution < 1.29 is 14.3 Å². The van der Waals surface area contributed by atoms with Gasteiger partial charge in [-0.05, 0) is 73.1 Å². The highest BCUT2D eigenvalue weighted by Crippen LogP contribution is 2.31. The molecule has 0 aliphatic carbocycles. The summed E-state index contributed by atoms with van der Waals surface area (Å²) in [6.45, 7) is 4.15. The summed E-state index contributed by atoms with van der Waals surface area (Å²) in [5, 5.41) is 6.41. The van der Waals surface area contributed by atoms with Crippen molar-refractivity contribution in [1.29, 1.82) is 0 Å². The number of nitrogens with one attached hydrogen (secondary N) is 2. The smallest absolute Gasteiger partial charge is 0.236 e. The second-order valence-corrected chi connectivity index (χ2v) is 11.4. The van der Waals surface area contributed by atoms with E-state index < -0.39 is 0 Å². The van der Waals surface area contributed by atoms with Crippen molar-refractivity contribution in [3.05, 3.63) is 83.9 Å². The zero-order valence-corrected chi connectivity index (χ0v) is 24.5. The summed E-state index contributed by atoms with van der Waals surface area (Å²) in [6.07, 6.45) is 9.30. The van der Waals surface area contributed by atoms with Gasteiger partial charge in [-0.15, -0.1) is 0 Å². The van der Waals surface area contributed by atoms with Gasteiger partial charge in [0, 0.05) is 88.1 Å². The Morgan fingerprint density at radius 1 is 1.14 bits per heavy atom. The van der Waals surface area contributed by atoms with Gasteiger partial charge in [-0.25, -0.2) is 0 Å². The number of rotatable bonds is 8. The maximum absolute atomic E-state index is 13.2. The average molecular weight is 571 g/mol. The molecule has 1 saturated heterocycles. The predicted octanol–water partition coefficient (Wildman–Crippen LogP) is 3.59. The van der Waals surface area contributed by atoms with Gasteiger partial charge in [-0.1, -0.05) is 12.1 Å². The zero-order chi connectivity index (χ0) is 29.1. The highest BCUT2D eigenvalue weighted by Gasteiger charge is 2.32. The molecule has 9 heteroatoms. The van der Waals surface area contributed by atoms with E-state index in [0.29, 0.717) is 39.2 Å². The lowest BCUT2D eigenvalue weighted by atomic mass is 9.80. The molecule has 0 saturated carbocycles. The number of nitrogens with zero attached hydrogens (tertiary/aromatic N) is 4. The summed E-state index contributed by atoms with van der Waals surface area (Å²) >= 11 is 0. The van der Waals surface area contributed by atoms with E-state index in [1.165, 1.54) is 0 Å². The Bertz CT molecular complexity index is 1310. The van der Waals surface area contributed by atoms with Crippen LogP contribution in [0.25, 0.3) is 0 Å². The fourth-order valence-corrected chi connectivity index (χ4v) is 5.90. The van der Waals surface area contributed by atoms with Crippen molar-refractivity contribution in [1.82, 2.24) is 25.5 Å². The monoisotopic (exact) mass is 570 g/mol. The Hall–Kier alpha value is -3.98. The van der Waals surface area contributed by atoms with Crippen molar-refractivity contribution in [2.24, 2.45) is 11.8 Å². The largest absolute Gasteiger partial charge is 0.493 e. The third-order valence-corrected chi connectivity index (χ3v) is 8.39. The molecule has 5 rings (SSSR count). The SMILES string of the molecule is CN(CCc1ccccn1)c1ccc2c(c1)CNCC(=O)N1CC[C@@H](CC(=O)NCc3cccnc3)[C@@H](CCCO2)C1. The third kappa shape index (κ3) is 8.28. The van der Waals surface area contributed by atoms with Gasteiger partial charge in [-0.2, -0.15) is 0 Å². The van der Waals surface area contributed by atoms with Crippen molar-refractivity contribution in [3.8, 4) is 5.75 Å². The first-order valence-corrected chi connectivity index (χ1v) is 15.1. The fourth-order valence-electron chi connectivity index (χ4n) is 5.90. The Morgan fingerprint density at radius 2 is 2.07 bits per heavy atom. The van der Waals surface area contributed by atoms with E-state index >= 15 is 0 Å². The standard InChI is InChI=1S/C33H42N6O3/c1-38(15-12-29-8-2-3-14-36-29)30-9-10-31-28(18-30)22-35-23-33(41)39-16-11-26(27(24-39)7-5-17-42-31)19-32(40)37-21-25-6-4-13-34-20-25/h2-4,6,8-10,13-14,18,20,26-27,35H,5,7,11-12,15-17,19,21-24H2,1H3,(H,37,40)/t26-,27-/m0/s1. The van der Waals surface area contributed by atoms with Crippen LogP contribution in [0.2, 0.25) is 0 Å². The average Bonchev–Trinajstić information content (AvgIpc) is 3.03. The number of amides is 2. The van der Waals surface area contributed by atoms with Crippen LogP contribution in [-0.2, 0) is 29.1 Å². The predicted molar refractivity (Wildman–Crippen MR) is 163 cm³/mol. The van der Waals surface area contributed by atoms with Gasteiger partial charge in [0.2, 0.25) is 11.8 Å². The van der Waals surface area contributed by atoms with Crippen LogP contribution in [0.4, 0.5) is 5.69 Å². The minimum absolute atomic E-state index is 0.0548. The molecule has 0 unspecified atom stereocenters. The van der Waals surface area contributed by atoms with Gasteiger partial charge in [-0.3, -0.25) is 19.6 Å². The lowest BCUT2D eigenvalue weighted by Gasteiger charge is -2.38. The van der Waals surface area contributed by atoms with Gasteiger partial charge in [0.15, 0.2) is 0 Å². The topological polar surface area (TPSA) is 99.7 Å². The molecule has 2 amide bonds. The van der Waals surface area contributed by atoms with Crippen molar-refractivity contribution in [3.63, 3.8) is 0 Å².